The number of halogens is 5. The third kappa shape index (κ3) is 3.45. The lowest BCUT2D eigenvalue weighted by atomic mass is 9.73. The second-order valence-corrected chi connectivity index (χ2v) is 8.06. The average molecular weight is 468 g/mol. The van der Waals surface area contributed by atoms with E-state index >= 15 is 0 Å². The molecule has 168 valence electrons. The number of aromatic nitrogens is 2. The number of aliphatic hydroxyl groups is 1. The summed E-state index contributed by atoms with van der Waals surface area (Å²) < 4.78 is 56.9. The first-order valence-electron chi connectivity index (χ1n) is 9.61. The number of phenolic OH excluding ortho intramolecular Hbond substituents is 1. The van der Waals surface area contributed by atoms with Crippen molar-refractivity contribution in [2.45, 2.75) is 38.1 Å². The predicted molar refractivity (Wildman–Crippen MR) is 113 cm³/mol. The van der Waals surface area contributed by atoms with E-state index in [1.807, 2.05) is 0 Å². The Bertz CT molecular complexity index is 1260. The molecule has 0 saturated heterocycles. The van der Waals surface area contributed by atoms with Gasteiger partial charge in [-0.1, -0.05) is 17.7 Å². The van der Waals surface area contributed by atoms with Gasteiger partial charge in [-0.25, -0.2) is 14.4 Å². The van der Waals surface area contributed by atoms with E-state index < -0.39 is 30.1 Å². The SMILES string of the molecule is C/C=C1\CC(O)(C(F)(F)F)C(Nc2ccc(F)c3nc(C)ncc23)c2cc(Cl)c(O)cc21. The Labute approximate surface area is 185 Å². The zero-order valence-electron chi connectivity index (χ0n) is 16.9. The van der Waals surface area contributed by atoms with Crippen molar-refractivity contribution in [1.82, 2.24) is 9.97 Å². The smallest absolute Gasteiger partial charge is 0.419 e. The highest BCUT2D eigenvalue weighted by molar-refractivity contribution is 6.32. The number of anilines is 1. The van der Waals surface area contributed by atoms with Crippen LogP contribution in [0, 0.1) is 12.7 Å². The summed E-state index contributed by atoms with van der Waals surface area (Å²) in [6, 6.07) is 3.09. The molecular formula is C22H18ClF4N3O2. The fraction of sp³-hybridized carbons (Fsp3) is 0.273. The summed E-state index contributed by atoms with van der Waals surface area (Å²) in [5.74, 6) is -0.657. The van der Waals surface area contributed by atoms with Gasteiger partial charge in [-0.2, -0.15) is 13.2 Å². The van der Waals surface area contributed by atoms with Crippen molar-refractivity contribution < 1.29 is 27.8 Å². The van der Waals surface area contributed by atoms with E-state index in [0.717, 1.165) is 6.07 Å². The third-order valence-electron chi connectivity index (χ3n) is 5.67. The molecule has 1 aliphatic rings. The number of rotatable bonds is 2. The van der Waals surface area contributed by atoms with E-state index in [9.17, 15) is 27.8 Å². The van der Waals surface area contributed by atoms with Crippen LogP contribution in [0.5, 0.6) is 5.75 Å². The minimum absolute atomic E-state index is 0.0393. The molecule has 4 rings (SSSR count). The zero-order valence-corrected chi connectivity index (χ0v) is 17.7. The van der Waals surface area contributed by atoms with Crippen LogP contribution >= 0.6 is 11.6 Å². The predicted octanol–water partition coefficient (Wildman–Crippen LogP) is 5.69. The van der Waals surface area contributed by atoms with E-state index in [-0.39, 0.29) is 38.5 Å². The topological polar surface area (TPSA) is 78.3 Å². The number of allylic oxidation sites excluding steroid dienone is 1. The molecule has 5 nitrogen and oxygen atoms in total. The maximum atomic E-state index is 14.3. The second-order valence-electron chi connectivity index (χ2n) is 7.66. The minimum Gasteiger partial charge on any atom is -0.506 e. The summed E-state index contributed by atoms with van der Waals surface area (Å²) in [6.07, 6.45) is -3.03. The highest BCUT2D eigenvalue weighted by Gasteiger charge is 2.61. The first-order valence-corrected chi connectivity index (χ1v) is 9.99. The van der Waals surface area contributed by atoms with E-state index in [2.05, 4.69) is 15.3 Å². The van der Waals surface area contributed by atoms with E-state index in [1.165, 1.54) is 30.5 Å². The molecule has 3 N–H and O–H groups in total. The van der Waals surface area contributed by atoms with E-state index in [0.29, 0.717) is 11.4 Å². The molecule has 0 radical (unpaired) electrons. The number of aromatic hydroxyl groups is 1. The maximum Gasteiger partial charge on any atom is 0.419 e. The lowest BCUT2D eigenvalue weighted by Gasteiger charge is -2.44. The van der Waals surface area contributed by atoms with Crippen molar-refractivity contribution in [3.05, 3.63) is 64.3 Å². The van der Waals surface area contributed by atoms with Crippen molar-refractivity contribution in [1.29, 1.82) is 0 Å². The van der Waals surface area contributed by atoms with Gasteiger partial charge in [-0.3, -0.25) is 0 Å². The van der Waals surface area contributed by atoms with Crippen LogP contribution in [-0.4, -0.2) is 32.0 Å². The third-order valence-corrected chi connectivity index (χ3v) is 5.98. The van der Waals surface area contributed by atoms with Gasteiger partial charge < -0.3 is 15.5 Å². The molecule has 0 fully saturated rings. The fourth-order valence-corrected chi connectivity index (χ4v) is 4.19. The first kappa shape index (κ1) is 22.3. The summed E-state index contributed by atoms with van der Waals surface area (Å²) in [5.41, 5.74) is -2.61. The zero-order chi connectivity index (χ0) is 23.4. The monoisotopic (exact) mass is 467 g/mol. The van der Waals surface area contributed by atoms with E-state index in [4.69, 9.17) is 11.6 Å². The van der Waals surface area contributed by atoms with Gasteiger partial charge in [-0.15, -0.1) is 0 Å². The summed E-state index contributed by atoms with van der Waals surface area (Å²) in [7, 11) is 0. The number of nitrogens with one attached hydrogen (secondary N) is 1. The Hall–Kier alpha value is -2.91. The average Bonchev–Trinajstić information content (AvgIpc) is 2.72. The van der Waals surface area contributed by atoms with Gasteiger partial charge in [0.25, 0.3) is 0 Å². The van der Waals surface area contributed by atoms with Gasteiger partial charge in [-0.05, 0) is 54.8 Å². The lowest BCUT2D eigenvalue weighted by molar-refractivity contribution is -0.265. The first-order chi connectivity index (χ1) is 15.0. The van der Waals surface area contributed by atoms with Crippen molar-refractivity contribution in [2.75, 3.05) is 5.32 Å². The molecule has 0 aliphatic heterocycles. The summed E-state index contributed by atoms with van der Waals surface area (Å²) >= 11 is 6.02. The largest absolute Gasteiger partial charge is 0.506 e. The fourth-order valence-electron chi connectivity index (χ4n) is 4.01. The Balaban J connectivity index is 1.96. The molecule has 0 amide bonds. The molecule has 10 heteroatoms. The molecule has 1 heterocycles. The van der Waals surface area contributed by atoms with Gasteiger partial charge in [0.1, 0.15) is 22.9 Å². The Kier molecular flexibility index (Phi) is 5.29. The molecule has 2 aromatic carbocycles. The lowest BCUT2D eigenvalue weighted by Crippen LogP contribution is -2.54. The quantitative estimate of drug-likeness (QED) is 0.422. The maximum absolute atomic E-state index is 14.3. The van der Waals surface area contributed by atoms with Crippen LogP contribution < -0.4 is 5.32 Å². The summed E-state index contributed by atoms with van der Waals surface area (Å²) in [6.45, 7) is 3.11. The molecule has 0 spiro atoms. The standard InChI is InChI=1S/C22H18ClF4N3O2/c1-3-11-8-21(32,22(25,26)27)20(13-6-15(23)18(31)7-12(11)13)30-17-5-4-16(24)19-14(17)9-28-10(2)29-19/h3-7,9,20,30-32H,8H2,1-2H3/b11-3+. The van der Waals surface area contributed by atoms with Gasteiger partial charge in [0.2, 0.25) is 0 Å². The van der Waals surface area contributed by atoms with Gasteiger partial charge in [0.15, 0.2) is 5.60 Å². The van der Waals surface area contributed by atoms with Crippen molar-refractivity contribution >= 4 is 33.8 Å². The molecule has 2 unspecified atom stereocenters. The number of fused-ring (bicyclic) bond motifs is 2. The Morgan fingerprint density at radius 3 is 2.66 bits per heavy atom. The van der Waals surface area contributed by atoms with Crippen molar-refractivity contribution in [2.24, 2.45) is 0 Å². The number of hydrogen-bond acceptors (Lipinski definition) is 5. The van der Waals surface area contributed by atoms with E-state index in [1.54, 1.807) is 13.8 Å². The molecule has 0 bridgehead atoms. The highest BCUT2D eigenvalue weighted by atomic mass is 35.5. The Morgan fingerprint density at radius 2 is 2.00 bits per heavy atom. The van der Waals surface area contributed by atoms with Crippen LogP contribution in [0.1, 0.15) is 36.3 Å². The van der Waals surface area contributed by atoms with Gasteiger partial charge in [0.05, 0.1) is 11.1 Å². The number of aryl methyl sites for hydroxylation is 1. The number of phenols is 1. The van der Waals surface area contributed by atoms with Gasteiger partial charge >= 0.3 is 6.18 Å². The molecule has 1 aromatic heterocycles. The van der Waals surface area contributed by atoms with Crippen LogP contribution in [0.2, 0.25) is 5.02 Å². The van der Waals surface area contributed by atoms with Crippen molar-refractivity contribution in [3.63, 3.8) is 0 Å². The number of nitrogens with zero attached hydrogens (tertiary/aromatic N) is 2. The molecule has 1 aliphatic carbocycles. The molecule has 2 atom stereocenters. The second kappa shape index (κ2) is 7.60. The Morgan fingerprint density at radius 1 is 1.28 bits per heavy atom. The number of hydrogen-bond donors (Lipinski definition) is 3. The normalized spacial score (nSPS) is 22.2. The molecular weight excluding hydrogens is 450 g/mol. The molecule has 0 saturated carbocycles. The number of alkyl halides is 3. The van der Waals surface area contributed by atoms with Crippen LogP contribution in [0.15, 0.2) is 36.5 Å². The minimum atomic E-state index is -5.02. The van der Waals surface area contributed by atoms with Crippen molar-refractivity contribution in [3.8, 4) is 5.75 Å². The van der Waals surface area contributed by atoms with Crippen LogP contribution in [0.4, 0.5) is 23.2 Å². The molecule has 3 aromatic rings. The molecule has 32 heavy (non-hydrogen) atoms. The van der Waals surface area contributed by atoms with Gasteiger partial charge in [0, 0.05) is 23.7 Å². The highest BCUT2D eigenvalue weighted by Crippen LogP contribution is 2.53. The summed E-state index contributed by atoms with van der Waals surface area (Å²) in [5, 5.41) is 23.7. The van der Waals surface area contributed by atoms with Crippen LogP contribution in [-0.2, 0) is 0 Å². The number of benzene rings is 2. The van der Waals surface area contributed by atoms with Crippen LogP contribution in [0.25, 0.3) is 16.5 Å². The van der Waals surface area contributed by atoms with Crippen LogP contribution in [0.3, 0.4) is 0 Å². The summed E-state index contributed by atoms with van der Waals surface area (Å²) in [4.78, 5) is 8.05.